The molecule has 2 aliphatic carbocycles. The lowest BCUT2D eigenvalue weighted by Gasteiger charge is -2.10. The molecule has 44 valence electrons. The van der Waals surface area contributed by atoms with Gasteiger partial charge in [0.05, 0.1) is 0 Å². The Bertz CT molecular complexity index is 202. The zero-order valence-corrected chi connectivity index (χ0v) is 5.22. The largest absolute Gasteiger partial charge is 0.137 e. The van der Waals surface area contributed by atoms with Crippen LogP contribution in [0.2, 0.25) is 0 Å². The van der Waals surface area contributed by atoms with E-state index in [1.54, 1.807) is 0 Å². The van der Waals surface area contributed by atoms with Crippen molar-refractivity contribution >= 4 is 0 Å². The van der Waals surface area contributed by atoms with Crippen LogP contribution in [0.4, 0.5) is 0 Å². The first-order chi connectivity index (χ1) is 4.38. The van der Waals surface area contributed by atoms with Crippen LogP contribution in [-0.2, 0) is 0 Å². The first-order valence-electron chi connectivity index (χ1n) is 2.78. The van der Waals surface area contributed by atoms with Crippen molar-refractivity contribution in [1.29, 1.82) is 0 Å². The summed E-state index contributed by atoms with van der Waals surface area (Å²) in [5, 5.41) is 0. The summed E-state index contributed by atoms with van der Waals surface area (Å²) in [6, 6.07) is 8.48. The van der Waals surface area contributed by atoms with Gasteiger partial charge in [-0.1, -0.05) is 37.4 Å². The smallest absolute Gasteiger partial charge is 0.0184 e. The normalized spacial score (nSPS) is 8.44. The Morgan fingerprint density at radius 3 is 1.11 bits per heavy atom. The number of benzene rings is 1. The Balaban J connectivity index is 0.000000120. The maximum Gasteiger partial charge on any atom is -0.0184 e. The van der Waals surface area contributed by atoms with E-state index in [-0.39, 0.29) is 0 Å². The highest BCUT2D eigenvalue weighted by Crippen LogP contribution is 2.29. The van der Waals surface area contributed by atoms with E-state index in [2.05, 4.69) is 43.2 Å². The molecule has 0 spiro atoms. The first kappa shape index (κ1) is 5.87. The molecule has 0 atom stereocenters. The molecule has 2 rings (SSSR count). The van der Waals surface area contributed by atoms with E-state index < -0.39 is 0 Å². The lowest BCUT2D eigenvalue weighted by Crippen LogP contribution is -1.85. The predicted molar refractivity (Wildman–Crippen MR) is 40.2 cm³/mol. The lowest BCUT2D eigenvalue weighted by atomic mass is 9.95. The van der Waals surface area contributed by atoms with Crippen LogP contribution in [0.25, 0.3) is 11.1 Å². The molecule has 0 aromatic rings. The molecule has 0 heterocycles. The van der Waals surface area contributed by atoms with Crippen molar-refractivity contribution in [3.8, 4) is 11.1 Å². The fraction of sp³-hybridized carbons (Fsp3) is 0. The predicted octanol–water partition coefficient (Wildman–Crippen LogP) is 2.62. The minimum Gasteiger partial charge on any atom is -0.137 e. The first-order valence-corrected chi connectivity index (χ1v) is 2.78. The van der Waals surface area contributed by atoms with Gasteiger partial charge in [0, 0.05) is 0 Å². The fourth-order valence-electron chi connectivity index (χ4n) is 0.663. The minimum absolute atomic E-state index is 1.43. The van der Waals surface area contributed by atoms with E-state index in [9.17, 15) is 0 Å². The van der Waals surface area contributed by atoms with Crippen molar-refractivity contribution in [2.45, 2.75) is 0 Å². The molecule has 0 N–H and O–H groups in total. The summed E-state index contributed by atoms with van der Waals surface area (Å²) < 4.78 is 0. The van der Waals surface area contributed by atoms with E-state index >= 15 is 0 Å². The Labute approximate surface area is 55.1 Å². The molecule has 0 fully saturated rings. The van der Waals surface area contributed by atoms with Crippen LogP contribution in [-0.4, -0.2) is 0 Å². The second-order valence-electron chi connectivity index (χ2n) is 1.83. The maximum absolute atomic E-state index is 3.12. The van der Waals surface area contributed by atoms with E-state index in [4.69, 9.17) is 0 Å². The molecule has 0 amide bonds. The molecule has 0 bridgehead atoms. The molecule has 0 aliphatic heterocycles. The third-order valence-electron chi connectivity index (χ3n) is 1.22. The number of hydrogen-bond acceptors (Lipinski definition) is 0. The average Bonchev–Trinajstić information content (AvgIpc) is 1.81. The molecule has 0 radical (unpaired) electrons. The van der Waals surface area contributed by atoms with Crippen molar-refractivity contribution in [2.24, 2.45) is 0 Å². The standard InChI is InChI=1S/C6H4.C3H4/c1-2-6-4-3-5(1)6;1-3-2/h1-4H;1-2H2. The molecule has 0 saturated heterocycles. The van der Waals surface area contributed by atoms with Crippen molar-refractivity contribution in [3.63, 3.8) is 0 Å². The molecule has 0 aromatic heterocycles. The van der Waals surface area contributed by atoms with Crippen LogP contribution in [0.15, 0.2) is 43.2 Å². The minimum atomic E-state index is 1.43. The van der Waals surface area contributed by atoms with Crippen molar-refractivity contribution in [3.05, 3.63) is 43.2 Å². The van der Waals surface area contributed by atoms with Crippen LogP contribution in [0.3, 0.4) is 0 Å². The van der Waals surface area contributed by atoms with Gasteiger partial charge < -0.3 is 0 Å². The van der Waals surface area contributed by atoms with Crippen LogP contribution in [0.1, 0.15) is 0 Å². The van der Waals surface area contributed by atoms with Gasteiger partial charge in [-0.25, -0.2) is 0 Å². The van der Waals surface area contributed by atoms with E-state index in [0.717, 1.165) is 0 Å². The number of fused-ring (bicyclic) bond motifs is 1. The van der Waals surface area contributed by atoms with E-state index in [1.165, 1.54) is 11.1 Å². The summed E-state index contributed by atoms with van der Waals surface area (Å²) in [6.07, 6.45) is 0. The summed E-state index contributed by atoms with van der Waals surface area (Å²) in [6.45, 7) is 6.25. The van der Waals surface area contributed by atoms with E-state index in [0.29, 0.717) is 0 Å². The van der Waals surface area contributed by atoms with Gasteiger partial charge in [-0.3, -0.25) is 0 Å². The summed E-state index contributed by atoms with van der Waals surface area (Å²) in [4.78, 5) is 0. The number of rotatable bonds is 0. The Kier molecular flexibility index (Phi) is 1.53. The monoisotopic (exact) mass is 116 g/mol. The molecule has 0 saturated carbocycles. The van der Waals surface area contributed by atoms with Gasteiger partial charge in [0.25, 0.3) is 0 Å². The van der Waals surface area contributed by atoms with Crippen molar-refractivity contribution in [2.75, 3.05) is 0 Å². The van der Waals surface area contributed by atoms with Gasteiger partial charge in [-0.05, 0) is 11.1 Å². The van der Waals surface area contributed by atoms with E-state index in [1.807, 2.05) is 0 Å². The van der Waals surface area contributed by atoms with Gasteiger partial charge in [-0.15, -0.1) is 5.73 Å². The Hall–Kier alpha value is -1.26. The van der Waals surface area contributed by atoms with Crippen LogP contribution in [0.5, 0.6) is 0 Å². The third kappa shape index (κ3) is 0.933. The molecule has 0 heteroatoms. The van der Waals surface area contributed by atoms with Crippen molar-refractivity contribution < 1.29 is 0 Å². The highest BCUT2D eigenvalue weighted by molar-refractivity contribution is 5.75. The molecular formula is C9H8. The molecule has 9 heavy (non-hydrogen) atoms. The second kappa shape index (κ2) is 2.34. The number of hydrogen-bond donors (Lipinski definition) is 0. The highest BCUT2D eigenvalue weighted by Gasteiger charge is 2.03. The maximum atomic E-state index is 3.12. The van der Waals surface area contributed by atoms with Crippen LogP contribution >= 0.6 is 0 Å². The Morgan fingerprint density at radius 1 is 0.889 bits per heavy atom. The van der Waals surface area contributed by atoms with Gasteiger partial charge >= 0.3 is 0 Å². The molecule has 2 aliphatic rings. The van der Waals surface area contributed by atoms with Crippen LogP contribution < -0.4 is 0 Å². The Morgan fingerprint density at radius 2 is 1.11 bits per heavy atom. The van der Waals surface area contributed by atoms with Gasteiger partial charge in [0.15, 0.2) is 0 Å². The molecular weight excluding hydrogens is 108 g/mol. The van der Waals surface area contributed by atoms with Crippen LogP contribution in [0, 0.1) is 0 Å². The highest BCUT2D eigenvalue weighted by atomic mass is 14.1. The van der Waals surface area contributed by atoms with Crippen molar-refractivity contribution in [1.82, 2.24) is 0 Å². The van der Waals surface area contributed by atoms with Gasteiger partial charge in [0.1, 0.15) is 0 Å². The summed E-state index contributed by atoms with van der Waals surface area (Å²) in [7, 11) is 0. The van der Waals surface area contributed by atoms with Gasteiger partial charge in [-0.2, -0.15) is 0 Å². The zero-order valence-electron chi connectivity index (χ0n) is 5.22. The topological polar surface area (TPSA) is 0 Å². The third-order valence-corrected chi connectivity index (χ3v) is 1.22. The SMILES string of the molecule is C=C=C.c1cc2ccc1-2. The fourth-order valence-corrected chi connectivity index (χ4v) is 0.663. The summed E-state index contributed by atoms with van der Waals surface area (Å²) in [5.74, 6) is 0. The quantitative estimate of drug-likeness (QED) is 0.464. The van der Waals surface area contributed by atoms with Gasteiger partial charge in [0.2, 0.25) is 0 Å². The summed E-state index contributed by atoms with van der Waals surface area (Å²) >= 11 is 0. The summed E-state index contributed by atoms with van der Waals surface area (Å²) in [5.41, 5.74) is 5.10. The molecule has 0 nitrogen and oxygen atoms in total. The lowest BCUT2D eigenvalue weighted by molar-refractivity contribution is 1.55. The molecule has 0 aromatic carbocycles. The zero-order chi connectivity index (χ0) is 6.69. The average molecular weight is 116 g/mol. The molecule has 0 unspecified atom stereocenters. The second-order valence-corrected chi connectivity index (χ2v) is 1.83.